The monoisotopic (exact) mass is 324 g/mol. The second kappa shape index (κ2) is 7.55. The van der Waals surface area contributed by atoms with Crippen molar-refractivity contribution in [1.29, 1.82) is 0 Å². The van der Waals surface area contributed by atoms with E-state index in [1.807, 2.05) is 65.5 Å². The highest BCUT2D eigenvalue weighted by molar-refractivity contribution is 5.76. The van der Waals surface area contributed by atoms with Crippen molar-refractivity contribution in [3.8, 4) is 5.75 Å². The summed E-state index contributed by atoms with van der Waals surface area (Å²) in [5, 5.41) is 2.96. The van der Waals surface area contributed by atoms with E-state index < -0.39 is 0 Å². The van der Waals surface area contributed by atoms with Gasteiger partial charge in [-0.3, -0.25) is 4.79 Å². The van der Waals surface area contributed by atoms with Crippen LogP contribution in [0.2, 0.25) is 0 Å². The Morgan fingerprint density at radius 2 is 1.92 bits per heavy atom. The van der Waals surface area contributed by atoms with Crippen molar-refractivity contribution in [2.45, 2.75) is 19.0 Å². The number of hydrogen-bond donors (Lipinski definition) is 1. The number of nitrogens with one attached hydrogen (secondary N) is 1. The lowest BCUT2D eigenvalue weighted by molar-refractivity contribution is -0.121. The summed E-state index contributed by atoms with van der Waals surface area (Å²) in [6.07, 6.45) is 5.81. The molecular formula is C19H20N2O3. The molecular weight excluding hydrogens is 304 g/mol. The third-order valence-electron chi connectivity index (χ3n) is 3.89. The lowest BCUT2D eigenvalue weighted by Crippen LogP contribution is -2.26. The third-order valence-corrected chi connectivity index (χ3v) is 3.89. The molecule has 2 aromatic heterocycles. The highest BCUT2D eigenvalue weighted by Crippen LogP contribution is 2.22. The molecule has 0 aliphatic carbocycles. The maximum absolute atomic E-state index is 12.3. The molecule has 3 rings (SSSR count). The van der Waals surface area contributed by atoms with Crippen molar-refractivity contribution >= 4 is 5.91 Å². The molecule has 1 amide bonds. The van der Waals surface area contributed by atoms with Crippen molar-refractivity contribution in [2.24, 2.45) is 0 Å². The van der Waals surface area contributed by atoms with E-state index in [9.17, 15) is 4.79 Å². The van der Waals surface area contributed by atoms with Gasteiger partial charge in [-0.1, -0.05) is 12.1 Å². The molecule has 1 aromatic carbocycles. The number of aromatic nitrogens is 1. The zero-order valence-electron chi connectivity index (χ0n) is 13.5. The van der Waals surface area contributed by atoms with Gasteiger partial charge in [0.2, 0.25) is 5.91 Å². The predicted octanol–water partition coefficient (Wildman–Crippen LogP) is 3.39. The SMILES string of the molecule is COc1ccc(CNC(=O)C[C@H](c2ccco2)n2cccc2)cc1. The summed E-state index contributed by atoms with van der Waals surface area (Å²) in [4.78, 5) is 12.3. The number of hydrogen-bond acceptors (Lipinski definition) is 3. The Hall–Kier alpha value is -2.95. The third kappa shape index (κ3) is 3.87. The minimum Gasteiger partial charge on any atom is -0.497 e. The van der Waals surface area contributed by atoms with Crippen molar-refractivity contribution in [3.63, 3.8) is 0 Å². The smallest absolute Gasteiger partial charge is 0.222 e. The summed E-state index contributed by atoms with van der Waals surface area (Å²) in [7, 11) is 1.63. The van der Waals surface area contributed by atoms with E-state index in [1.54, 1.807) is 13.4 Å². The van der Waals surface area contributed by atoms with Crippen LogP contribution in [0.15, 0.2) is 71.6 Å². The number of rotatable bonds is 7. The van der Waals surface area contributed by atoms with E-state index >= 15 is 0 Å². The molecule has 0 saturated heterocycles. The molecule has 0 radical (unpaired) electrons. The Morgan fingerprint density at radius 3 is 2.54 bits per heavy atom. The van der Waals surface area contributed by atoms with Crippen LogP contribution in [0, 0.1) is 0 Å². The fraction of sp³-hybridized carbons (Fsp3) is 0.211. The summed E-state index contributed by atoms with van der Waals surface area (Å²) in [5.41, 5.74) is 1.03. The number of carbonyl (C=O) groups is 1. The van der Waals surface area contributed by atoms with Gasteiger partial charge in [-0.2, -0.15) is 0 Å². The first-order valence-corrected chi connectivity index (χ1v) is 7.82. The zero-order valence-corrected chi connectivity index (χ0v) is 13.5. The first-order valence-electron chi connectivity index (χ1n) is 7.82. The molecule has 3 aromatic rings. The quantitative estimate of drug-likeness (QED) is 0.725. The van der Waals surface area contributed by atoms with Crippen molar-refractivity contribution in [2.75, 3.05) is 7.11 Å². The molecule has 1 atom stereocenters. The minimum atomic E-state index is -0.147. The first kappa shape index (κ1) is 15.9. The largest absolute Gasteiger partial charge is 0.497 e. The van der Waals surface area contributed by atoms with Crippen LogP contribution in [0.25, 0.3) is 0 Å². The Morgan fingerprint density at radius 1 is 1.17 bits per heavy atom. The number of furan rings is 1. The topological polar surface area (TPSA) is 56.4 Å². The average molecular weight is 324 g/mol. The lowest BCUT2D eigenvalue weighted by Gasteiger charge is -2.16. The maximum Gasteiger partial charge on any atom is 0.222 e. The fourth-order valence-corrected chi connectivity index (χ4v) is 2.58. The van der Waals surface area contributed by atoms with Gasteiger partial charge < -0.3 is 19.0 Å². The number of methoxy groups -OCH3 is 1. The number of ether oxygens (including phenoxy) is 1. The van der Waals surface area contributed by atoms with E-state index in [-0.39, 0.29) is 11.9 Å². The Labute approximate surface area is 140 Å². The first-order chi connectivity index (χ1) is 11.8. The number of carbonyl (C=O) groups excluding carboxylic acids is 1. The van der Waals surface area contributed by atoms with Crippen molar-refractivity contribution in [3.05, 3.63) is 78.5 Å². The Bertz CT molecular complexity index is 712. The molecule has 124 valence electrons. The molecule has 0 unspecified atom stereocenters. The minimum absolute atomic E-state index is 0.0269. The van der Waals surface area contributed by atoms with E-state index in [4.69, 9.17) is 9.15 Å². The normalized spacial score (nSPS) is 11.9. The van der Waals surface area contributed by atoms with Gasteiger partial charge in [0.15, 0.2) is 0 Å². The molecule has 0 aliphatic heterocycles. The van der Waals surface area contributed by atoms with Gasteiger partial charge in [0.05, 0.1) is 25.8 Å². The summed E-state index contributed by atoms with van der Waals surface area (Å²) in [5.74, 6) is 1.54. The number of amides is 1. The van der Waals surface area contributed by atoms with E-state index in [0.717, 1.165) is 17.1 Å². The molecule has 5 nitrogen and oxygen atoms in total. The number of nitrogens with zero attached hydrogens (tertiary/aromatic N) is 1. The zero-order chi connectivity index (χ0) is 16.8. The van der Waals surface area contributed by atoms with E-state index in [2.05, 4.69) is 5.32 Å². The van der Waals surface area contributed by atoms with Crippen LogP contribution >= 0.6 is 0 Å². The lowest BCUT2D eigenvalue weighted by atomic mass is 10.1. The van der Waals surface area contributed by atoms with E-state index in [0.29, 0.717) is 13.0 Å². The highest BCUT2D eigenvalue weighted by atomic mass is 16.5. The van der Waals surface area contributed by atoms with Gasteiger partial charge in [0.25, 0.3) is 0 Å². The van der Waals surface area contributed by atoms with Gasteiger partial charge in [0.1, 0.15) is 11.5 Å². The number of benzene rings is 1. The molecule has 1 N–H and O–H groups in total. The van der Waals surface area contributed by atoms with Gasteiger partial charge >= 0.3 is 0 Å². The van der Waals surface area contributed by atoms with Crippen LogP contribution in [0.1, 0.15) is 23.8 Å². The molecule has 0 bridgehead atoms. The standard InChI is InChI=1S/C19H20N2O3/c1-23-16-8-6-15(7-9-16)14-20-19(22)13-17(18-5-4-12-24-18)21-10-2-3-11-21/h2-12,17H,13-14H2,1H3,(H,20,22)/t17-/m1/s1. The van der Waals surface area contributed by atoms with Crippen molar-refractivity contribution in [1.82, 2.24) is 9.88 Å². The maximum atomic E-state index is 12.3. The average Bonchev–Trinajstić information content (AvgIpc) is 3.32. The van der Waals surface area contributed by atoms with E-state index in [1.165, 1.54) is 0 Å². The second-order valence-electron chi connectivity index (χ2n) is 5.49. The van der Waals surface area contributed by atoms with Gasteiger partial charge in [-0.15, -0.1) is 0 Å². The molecule has 5 heteroatoms. The summed E-state index contributed by atoms with van der Waals surface area (Å²) >= 11 is 0. The Balaban J connectivity index is 1.61. The summed E-state index contributed by atoms with van der Waals surface area (Å²) in [6.45, 7) is 0.485. The molecule has 0 spiro atoms. The van der Waals surface area contributed by atoms with Crippen LogP contribution in [0.5, 0.6) is 5.75 Å². The molecule has 2 heterocycles. The summed E-state index contributed by atoms with van der Waals surface area (Å²) < 4.78 is 12.6. The molecule has 24 heavy (non-hydrogen) atoms. The second-order valence-corrected chi connectivity index (χ2v) is 5.49. The van der Waals surface area contributed by atoms with Gasteiger partial charge in [-0.05, 0) is 42.0 Å². The fourth-order valence-electron chi connectivity index (χ4n) is 2.58. The van der Waals surface area contributed by atoms with Crippen LogP contribution in [0.4, 0.5) is 0 Å². The van der Waals surface area contributed by atoms with Crippen LogP contribution in [-0.2, 0) is 11.3 Å². The molecule has 0 saturated carbocycles. The summed E-state index contributed by atoms with van der Waals surface area (Å²) in [6, 6.07) is 15.1. The van der Waals surface area contributed by atoms with Crippen LogP contribution in [0.3, 0.4) is 0 Å². The van der Waals surface area contributed by atoms with Crippen LogP contribution in [-0.4, -0.2) is 17.6 Å². The predicted molar refractivity (Wildman–Crippen MR) is 90.7 cm³/mol. The molecule has 0 fully saturated rings. The highest BCUT2D eigenvalue weighted by Gasteiger charge is 2.19. The van der Waals surface area contributed by atoms with Gasteiger partial charge in [0, 0.05) is 18.9 Å². The molecule has 0 aliphatic rings. The Kier molecular flexibility index (Phi) is 5.01. The van der Waals surface area contributed by atoms with Gasteiger partial charge in [-0.25, -0.2) is 0 Å². The van der Waals surface area contributed by atoms with Crippen LogP contribution < -0.4 is 10.1 Å². The van der Waals surface area contributed by atoms with Crippen molar-refractivity contribution < 1.29 is 13.9 Å².